The van der Waals surface area contributed by atoms with E-state index in [1.807, 2.05) is 0 Å². The first-order chi connectivity index (χ1) is 3.80. The number of nitrogens with zero attached hydrogens (tertiary/aromatic N) is 2. The summed E-state index contributed by atoms with van der Waals surface area (Å²) in [6.45, 7) is 1.53. The second kappa shape index (κ2) is 2.13. The van der Waals surface area contributed by atoms with Crippen molar-refractivity contribution in [2.75, 3.05) is 5.75 Å². The third kappa shape index (κ3) is 0.975. The quantitative estimate of drug-likeness (QED) is 0.356. The Morgan fingerprint density at radius 2 is 2.75 bits per heavy atom. The summed E-state index contributed by atoms with van der Waals surface area (Å²) in [5.74, 6) is 0.635. The fourth-order valence-electron chi connectivity index (χ4n) is 0.364. The molecule has 0 N–H and O–H groups in total. The van der Waals surface area contributed by atoms with E-state index in [4.69, 9.17) is 0 Å². The van der Waals surface area contributed by atoms with Crippen LogP contribution in [0.1, 0.15) is 0 Å². The molecule has 0 aromatic heterocycles. The first-order valence-corrected chi connectivity index (χ1v) is 2.96. The number of rotatable bonds is 0. The van der Waals surface area contributed by atoms with Crippen LogP contribution in [0.3, 0.4) is 0 Å². The molecular weight excluding hydrogens is 128 g/mol. The lowest BCUT2D eigenvalue weighted by Crippen LogP contribution is -2.02. The zero-order valence-electron chi connectivity index (χ0n) is 3.90. The van der Waals surface area contributed by atoms with Crippen LogP contribution in [0.2, 0.25) is 0 Å². The van der Waals surface area contributed by atoms with Gasteiger partial charge in [-0.3, -0.25) is 0 Å². The van der Waals surface area contributed by atoms with Crippen molar-refractivity contribution in [3.63, 3.8) is 0 Å². The van der Waals surface area contributed by atoms with Crippen molar-refractivity contribution < 1.29 is 4.92 Å². The molecule has 0 aromatic carbocycles. The molecule has 1 aliphatic rings. The summed E-state index contributed by atoms with van der Waals surface area (Å²) in [4.78, 5) is 12.8. The Labute approximate surface area is 50.1 Å². The summed E-state index contributed by atoms with van der Waals surface area (Å²) in [5.41, 5.74) is 0. The number of hydrogen-bond donors (Lipinski definition) is 0. The van der Waals surface area contributed by atoms with E-state index in [9.17, 15) is 10.1 Å². The van der Waals surface area contributed by atoms with Gasteiger partial charge in [0.2, 0.25) is 0 Å². The molecule has 0 fully saturated rings. The Hall–Kier alpha value is -0.580. The van der Waals surface area contributed by atoms with Gasteiger partial charge in [0.1, 0.15) is 0 Å². The summed E-state index contributed by atoms with van der Waals surface area (Å²) >= 11 is 1.15. The summed E-state index contributed by atoms with van der Waals surface area (Å²) in [6, 6.07) is 0. The van der Waals surface area contributed by atoms with Gasteiger partial charge in [-0.15, -0.1) is 0 Å². The van der Waals surface area contributed by atoms with E-state index in [-0.39, 0.29) is 5.17 Å². The number of hydrogen-bond acceptors (Lipinski definition) is 4. The van der Waals surface area contributed by atoms with Crippen LogP contribution < -0.4 is 0 Å². The number of aliphatic imine (C=N–C) groups is 1. The average molecular weight is 131 g/mol. The van der Waals surface area contributed by atoms with Gasteiger partial charge in [-0.25, -0.2) is 0 Å². The molecule has 0 saturated heterocycles. The van der Waals surface area contributed by atoms with Crippen LogP contribution in [0.5, 0.6) is 0 Å². The number of nitro groups is 1. The monoisotopic (exact) mass is 131 g/mol. The highest BCUT2D eigenvalue weighted by molar-refractivity contribution is 8.13. The Bertz CT molecular complexity index is 144. The highest BCUT2D eigenvalue weighted by atomic mass is 32.2. The molecule has 0 atom stereocenters. The van der Waals surface area contributed by atoms with Crippen molar-refractivity contribution in [3.8, 4) is 0 Å². The van der Waals surface area contributed by atoms with E-state index in [1.165, 1.54) is 6.54 Å². The lowest BCUT2D eigenvalue weighted by Gasteiger charge is -1.85. The van der Waals surface area contributed by atoms with Crippen LogP contribution in [0.4, 0.5) is 0 Å². The largest absolute Gasteiger partial charge is 0.395 e. The second-order valence-electron chi connectivity index (χ2n) is 1.16. The summed E-state index contributed by atoms with van der Waals surface area (Å²) in [7, 11) is 0. The molecule has 1 rings (SSSR count). The highest BCUT2D eigenvalue weighted by Gasteiger charge is 2.18. The number of amidine groups is 1. The first kappa shape index (κ1) is 5.55. The summed E-state index contributed by atoms with van der Waals surface area (Å²) in [5, 5.41) is 9.84. The van der Waals surface area contributed by atoms with E-state index in [0.717, 1.165) is 11.8 Å². The maximum atomic E-state index is 9.84. The number of thioether (sulfide) groups is 1. The van der Waals surface area contributed by atoms with Gasteiger partial charge in [0.15, 0.2) is 6.54 Å². The van der Waals surface area contributed by atoms with E-state index in [1.54, 1.807) is 0 Å². The molecule has 0 bridgehead atoms. The van der Waals surface area contributed by atoms with Gasteiger partial charge < -0.3 is 10.1 Å². The molecule has 0 saturated carbocycles. The molecule has 1 radical (unpaired) electrons. The third-order valence-electron chi connectivity index (χ3n) is 0.645. The molecule has 0 unspecified atom stereocenters. The normalized spacial score (nSPS) is 18.2. The minimum Gasteiger partial charge on any atom is -0.357 e. The fourth-order valence-corrected chi connectivity index (χ4v) is 0.917. The third-order valence-corrected chi connectivity index (χ3v) is 1.47. The molecule has 8 heavy (non-hydrogen) atoms. The Morgan fingerprint density at radius 1 is 2.00 bits per heavy atom. The van der Waals surface area contributed by atoms with Crippen molar-refractivity contribution >= 4 is 16.9 Å². The van der Waals surface area contributed by atoms with Gasteiger partial charge in [0.05, 0.1) is 5.75 Å². The van der Waals surface area contributed by atoms with Gasteiger partial charge in [0.25, 0.3) is 0 Å². The standard InChI is InChI=1S/C3H3N2O2S/c6-5(7)3-4-1-2-8-3/h1H,2H2. The predicted octanol–water partition coefficient (Wildman–Crippen LogP) is 0.528. The maximum Gasteiger partial charge on any atom is 0.395 e. The molecule has 0 aliphatic carbocycles. The minimum atomic E-state index is -0.478. The van der Waals surface area contributed by atoms with Gasteiger partial charge in [0, 0.05) is 0 Å². The average Bonchev–Trinajstić information content (AvgIpc) is 2.12. The lowest BCUT2D eigenvalue weighted by atomic mass is 10.8. The Morgan fingerprint density at radius 3 is 3.00 bits per heavy atom. The van der Waals surface area contributed by atoms with Crippen LogP contribution in [0.15, 0.2) is 4.99 Å². The fraction of sp³-hybridized carbons (Fsp3) is 0.333. The van der Waals surface area contributed by atoms with E-state index >= 15 is 0 Å². The van der Waals surface area contributed by atoms with Crippen LogP contribution >= 0.6 is 11.8 Å². The summed E-state index contributed by atoms with van der Waals surface area (Å²) < 4.78 is 0. The van der Waals surface area contributed by atoms with Crippen molar-refractivity contribution in [1.29, 1.82) is 0 Å². The summed E-state index contributed by atoms with van der Waals surface area (Å²) in [6.07, 6.45) is 0. The van der Waals surface area contributed by atoms with Crippen LogP contribution in [0.25, 0.3) is 0 Å². The molecule has 5 heteroatoms. The van der Waals surface area contributed by atoms with Gasteiger partial charge in [-0.05, 0) is 16.7 Å². The van der Waals surface area contributed by atoms with Gasteiger partial charge in [-0.1, -0.05) is 4.99 Å². The molecule has 4 nitrogen and oxygen atoms in total. The molecule has 1 aliphatic heterocycles. The molecule has 0 amide bonds. The molecule has 0 aromatic rings. The van der Waals surface area contributed by atoms with Crippen LogP contribution in [0, 0.1) is 16.7 Å². The second-order valence-corrected chi connectivity index (χ2v) is 2.15. The Kier molecular flexibility index (Phi) is 1.48. The Balaban J connectivity index is 2.57. The molecular formula is C3H3N2O2S. The van der Waals surface area contributed by atoms with E-state index in [0.29, 0.717) is 5.75 Å². The van der Waals surface area contributed by atoms with Crippen molar-refractivity contribution in [1.82, 2.24) is 0 Å². The SMILES string of the molecule is O=[N+]([O-])C1=N[CH]CS1. The predicted molar refractivity (Wildman–Crippen MR) is 31.2 cm³/mol. The van der Waals surface area contributed by atoms with Crippen LogP contribution in [-0.2, 0) is 0 Å². The zero-order valence-corrected chi connectivity index (χ0v) is 4.72. The smallest absolute Gasteiger partial charge is 0.357 e. The molecule has 43 valence electrons. The molecule has 1 heterocycles. The maximum absolute atomic E-state index is 9.84. The molecule has 0 spiro atoms. The zero-order chi connectivity index (χ0) is 5.98. The van der Waals surface area contributed by atoms with Crippen molar-refractivity contribution in [2.24, 2.45) is 4.99 Å². The first-order valence-electron chi connectivity index (χ1n) is 1.97. The van der Waals surface area contributed by atoms with E-state index < -0.39 is 4.92 Å². The topological polar surface area (TPSA) is 55.5 Å². The van der Waals surface area contributed by atoms with Crippen LogP contribution in [-0.4, -0.2) is 15.8 Å². The highest BCUT2D eigenvalue weighted by Crippen LogP contribution is 2.13. The lowest BCUT2D eigenvalue weighted by molar-refractivity contribution is -0.343. The van der Waals surface area contributed by atoms with Gasteiger partial charge in [-0.2, -0.15) is 0 Å². The van der Waals surface area contributed by atoms with E-state index in [2.05, 4.69) is 4.99 Å². The minimum absolute atomic E-state index is 0.00463. The van der Waals surface area contributed by atoms with Gasteiger partial charge >= 0.3 is 5.17 Å². The van der Waals surface area contributed by atoms with Crippen molar-refractivity contribution in [3.05, 3.63) is 16.7 Å². The van der Waals surface area contributed by atoms with Crippen molar-refractivity contribution in [2.45, 2.75) is 0 Å².